The van der Waals surface area contributed by atoms with Gasteiger partial charge in [0.25, 0.3) is 0 Å². The lowest BCUT2D eigenvalue weighted by Gasteiger charge is -2.26. The number of hydrogen-bond acceptors (Lipinski definition) is 2. The average Bonchev–Trinajstić information content (AvgIpc) is 2.26. The van der Waals surface area contributed by atoms with Gasteiger partial charge in [0.2, 0.25) is 0 Å². The van der Waals surface area contributed by atoms with Crippen LogP contribution in [0.1, 0.15) is 46.0 Å². The molecule has 0 N–H and O–H groups in total. The molecule has 1 aliphatic rings. The monoisotopic (exact) mass is 198 g/mol. The van der Waals surface area contributed by atoms with Crippen LogP contribution in [-0.4, -0.2) is 19.0 Å². The number of rotatable bonds is 5. The molecule has 1 aliphatic carbocycles. The number of ketones is 1. The van der Waals surface area contributed by atoms with Crippen LogP contribution in [0.2, 0.25) is 0 Å². The Morgan fingerprint density at radius 3 is 2.36 bits per heavy atom. The second-order valence-electron chi connectivity index (χ2n) is 4.23. The number of carbonyl (C=O) groups excluding carboxylic acids is 1. The van der Waals surface area contributed by atoms with E-state index in [1.54, 1.807) is 0 Å². The van der Waals surface area contributed by atoms with Crippen molar-refractivity contribution in [1.29, 1.82) is 0 Å². The molecule has 0 amide bonds. The third kappa shape index (κ3) is 3.41. The molecule has 1 saturated carbocycles. The molecular weight excluding hydrogens is 176 g/mol. The fourth-order valence-electron chi connectivity index (χ4n) is 2.21. The van der Waals surface area contributed by atoms with Crippen LogP contribution < -0.4 is 0 Å². The highest BCUT2D eigenvalue weighted by Gasteiger charge is 2.24. The van der Waals surface area contributed by atoms with Gasteiger partial charge in [0, 0.05) is 12.5 Å². The highest BCUT2D eigenvalue weighted by atomic mass is 16.5. The van der Waals surface area contributed by atoms with Crippen LogP contribution in [-0.2, 0) is 9.53 Å². The van der Waals surface area contributed by atoms with E-state index in [1.807, 2.05) is 6.92 Å². The first-order valence-electron chi connectivity index (χ1n) is 5.88. The van der Waals surface area contributed by atoms with E-state index in [0.717, 1.165) is 18.8 Å². The SMILES string of the molecule is CCOCC(=O)C1CCC(CC)CC1. The molecule has 2 heteroatoms. The highest BCUT2D eigenvalue weighted by molar-refractivity contribution is 5.82. The Kier molecular flexibility index (Phi) is 5.16. The Morgan fingerprint density at radius 2 is 1.86 bits per heavy atom. The van der Waals surface area contributed by atoms with Crippen molar-refractivity contribution < 1.29 is 9.53 Å². The molecule has 0 aromatic carbocycles. The van der Waals surface area contributed by atoms with Gasteiger partial charge in [-0.15, -0.1) is 0 Å². The summed E-state index contributed by atoms with van der Waals surface area (Å²) < 4.78 is 5.15. The van der Waals surface area contributed by atoms with Crippen molar-refractivity contribution in [3.05, 3.63) is 0 Å². The molecule has 0 aromatic heterocycles. The predicted octanol–water partition coefficient (Wildman–Crippen LogP) is 2.81. The second kappa shape index (κ2) is 6.18. The Hall–Kier alpha value is -0.370. The van der Waals surface area contributed by atoms with E-state index >= 15 is 0 Å². The summed E-state index contributed by atoms with van der Waals surface area (Å²) in [7, 11) is 0. The molecule has 0 unspecified atom stereocenters. The second-order valence-corrected chi connectivity index (χ2v) is 4.23. The molecular formula is C12H22O2. The van der Waals surface area contributed by atoms with E-state index in [-0.39, 0.29) is 0 Å². The van der Waals surface area contributed by atoms with E-state index in [4.69, 9.17) is 4.74 Å². The van der Waals surface area contributed by atoms with Gasteiger partial charge >= 0.3 is 0 Å². The zero-order valence-corrected chi connectivity index (χ0v) is 9.42. The van der Waals surface area contributed by atoms with Gasteiger partial charge in [-0.25, -0.2) is 0 Å². The van der Waals surface area contributed by atoms with Crippen LogP contribution in [0.4, 0.5) is 0 Å². The van der Waals surface area contributed by atoms with Gasteiger partial charge in [-0.3, -0.25) is 4.79 Å². The maximum absolute atomic E-state index is 11.6. The molecule has 82 valence electrons. The van der Waals surface area contributed by atoms with Gasteiger partial charge in [0.1, 0.15) is 6.61 Å². The highest BCUT2D eigenvalue weighted by Crippen LogP contribution is 2.30. The lowest BCUT2D eigenvalue weighted by molar-refractivity contribution is -0.128. The van der Waals surface area contributed by atoms with Crippen LogP contribution in [0.5, 0.6) is 0 Å². The van der Waals surface area contributed by atoms with Crippen molar-refractivity contribution in [3.63, 3.8) is 0 Å². The molecule has 0 aromatic rings. The summed E-state index contributed by atoms with van der Waals surface area (Å²) >= 11 is 0. The number of Topliss-reactive ketones (excluding diaryl/α,β-unsaturated/α-hetero) is 1. The number of hydrogen-bond donors (Lipinski definition) is 0. The summed E-state index contributed by atoms with van der Waals surface area (Å²) in [5.41, 5.74) is 0. The minimum atomic E-state index is 0.296. The molecule has 0 bridgehead atoms. The van der Waals surface area contributed by atoms with Gasteiger partial charge < -0.3 is 4.74 Å². The van der Waals surface area contributed by atoms with E-state index < -0.39 is 0 Å². The summed E-state index contributed by atoms with van der Waals surface area (Å²) in [6, 6.07) is 0. The largest absolute Gasteiger partial charge is 0.374 e. The lowest BCUT2D eigenvalue weighted by Crippen LogP contribution is -2.25. The van der Waals surface area contributed by atoms with E-state index in [2.05, 4.69) is 6.92 Å². The summed E-state index contributed by atoms with van der Waals surface area (Å²) in [4.78, 5) is 11.6. The molecule has 2 nitrogen and oxygen atoms in total. The van der Waals surface area contributed by atoms with Crippen molar-refractivity contribution in [2.45, 2.75) is 46.0 Å². The van der Waals surface area contributed by atoms with Gasteiger partial charge in [-0.05, 0) is 38.5 Å². The maximum Gasteiger partial charge on any atom is 0.161 e. The first-order valence-corrected chi connectivity index (χ1v) is 5.88. The first-order chi connectivity index (χ1) is 6.77. The Labute approximate surface area is 87.0 Å². The smallest absolute Gasteiger partial charge is 0.161 e. The van der Waals surface area contributed by atoms with Crippen molar-refractivity contribution in [2.24, 2.45) is 11.8 Å². The predicted molar refractivity (Wildman–Crippen MR) is 57.2 cm³/mol. The van der Waals surface area contributed by atoms with Crippen LogP contribution in [0.3, 0.4) is 0 Å². The van der Waals surface area contributed by atoms with Gasteiger partial charge in [-0.1, -0.05) is 13.3 Å². The molecule has 1 fully saturated rings. The zero-order chi connectivity index (χ0) is 10.4. The Morgan fingerprint density at radius 1 is 1.21 bits per heavy atom. The molecule has 14 heavy (non-hydrogen) atoms. The fourth-order valence-corrected chi connectivity index (χ4v) is 2.21. The Balaban J connectivity index is 2.23. The zero-order valence-electron chi connectivity index (χ0n) is 9.42. The van der Waals surface area contributed by atoms with Gasteiger partial charge in [0.15, 0.2) is 5.78 Å². The lowest BCUT2D eigenvalue weighted by atomic mass is 9.79. The minimum Gasteiger partial charge on any atom is -0.374 e. The maximum atomic E-state index is 11.6. The van der Waals surface area contributed by atoms with Crippen LogP contribution >= 0.6 is 0 Å². The van der Waals surface area contributed by atoms with E-state index in [0.29, 0.717) is 24.9 Å². The molecule has 0 aliphatic heterocycles. The van der Waals surface area contributed by atoms with Crippen molar-refractivity contribution >= 4 is 5.78 Å². The quantitative estimate of drug-likeness (QED) is 0.679. The van der Waals surface area contributed by atoms with E-state index in [1.165, 1.54) is 19.3 Å². The molecule has 1 rings (SSSR count). The van der Waals surface area contributed by atoms with Gasteiger partial charge in [-0.2, -0.15) is 0 Å². The number of ether oxygens (including phenoxy) is 1. The molecule has 0 saturated heterocycles. The van der Waals surface area contributed by atoms with E-state index in [9.17, 15) is 4.79 Å². The van der Waals surface area contributed by atoms with Crippen LogP contribution in [0.25, 0.3) is 0 Å². The van der Waals surface area contributed by atoms with Crippen molar-refractivity contribution in [3.8, 4) is 0 Å². The molecule has 0 heterocycles. The molecule has 0 spiro atoms. The average molecular weight is 198 g/mol. The number of carbonyl (C=O) groups is 1. The van der Waals surface area contributed by atoms with Gasteiger partial charge in [0.05, 0.1) is 0 Å². The molecule has 0 atom stereocenters. The van der Waals surface area contributed by atoms with Crippen LogP contribution in [0, 0.1) is 11.8 Å². The fraction of sp³-hybridized carbons (Fsp3) is 0.917. The summed E-state index contributed by atoms with van der Waals surface area (Å²) in [5.74, 6) is 1.48. The van der Waals surface area contributed by atoms with Crippen LogP contribution in [0.15, 0.2) is 0 Å². The summed E-state index contributed by atoms with van der Waals surface area (Å²) in [6.45, 7) is 5.16. The topological polar surface area (TPSA) is 26.3 Å². The van der Waals surface area contributed by atoms with Crippen molar-refractivity contribution in [2.75, 3.05) is 13.2 Å². The Bertz CT molecular complexity index is 169. The third-order valence-electron chi connectivity index (χ3n) is 3.33. The minimum absolute atomic E-state index is 0.296. The first kappa shape index (κ1) is 11.7. The molecule has 0 radical (unpaired) electrons. The summed E-state index contributed by atoms with van der Waals surface area (Å²) in [6.07, 6.45) is 5.92. The summed E-state index contributed by atoms with van der Waals surface area (Å²) in [5, 5.41) is 0. The van der Waals surface area contributed by atoms with Crippen molar-refractivity contribution in [1.82, 2.24) is 0 Å². The normalized spacial score (nSPS) is 27.6. The third-order valence-corrected chi connectivity index (χ3v) is 3.33. The standard InChI is InChI=1S/C12H22O2/c1-3-10-5-7-11(8-6-10)12(13)9-14-4-2/h10-11H,3-9H2,1-2H3.